The first kappa shape index (κ1) is 27.0. The van der Waals surface area contributed by atoms with E-state index in [-0.39, 0.29) is 29.3 Å². The Bertz CT molecular complexity index is 1460. The van der Waals surface area contributed by atoms with Gasteiger partial charge in [0.05, 0.1) is 43.6 Å². The zero-order chi connectivity index (χ0) is 27.7. The van der Waals surface area contributed by atoms with Crippen LogP contribution in [-0.2, 0) is 4.74 Å². The predicted octanol–water partition coefficient (Wildman–Crippen LogP) is 3.54. The summed E-state index contributed by atoms with van der Waals surface area (Å²) in [7, 11) is 2.83. The summed E-state index contributed by atoms with van der Waals surface area (Å²) in [6.07, 6.45) is 1.21. The first-order chi connectivity index (χ1) is 18.8. The molecule has 1 N–H and O–H groups in total. The number of fused-ring (bicyclic) bond motifs is 2. The first-order valence-corrected chi connectivity index (χ1v) is 12.2. The third kappa shape index (κ3) is 5.07. The molecule has 0 saturated carbocycles. The van der Waals surface area contributed by atoms with Gasteiger partial charge in [0.25, 0.3) is 5.92 Å². The topological polar surface area (TPSA) is 94.6 Å². The van der Waals surface area contributed by atoms with Gasteiger partial charge < -0.3 is 14.8 Å². The highest BCUT2D eigenvalue weighted by Crippen LogP contribution is 2.36. The highest BCUT2D eigenvalue weighted by molar-refractivity contribution is 5.89. The molecule has 5 rings (SSSR count). The molecule has 3 aromatic heterocycles. The normalized spacial score (nSPS) is 17.9. The fraction of sp³-hybridized carbons (Fsp3) is 0.500. The van der Waals surface area contributed by atoms with E-state index in [0.29, 0.717) is 36.3 Å². The molecule has 15 heteroatoms. The Morgan fingerprint density at radius 2 is 2.00 bits per heavy atom. The van der Waals surface area contributed by atoms with E-state index in [1.165, 1.54) is 20.3 Å². The van der Waals surface area contributed by atoms with Crippen LogP contribution in [0.25, 0.3) is 27.7 Å². The van der Waals surface area contributed by atoms with Gasteiger partial charge in [-0.05, 0) is 24.1 Å². The second-order valence-electron chi connectivity index (χ2n) is 9.31. The minimum absolute atomic E-state index is 0.0515. The first-order valence-electron chi connectivity index (χ1n) is 12.2. The van der Waals surface area contributed by atoms with Crippen molar-refractivity contribution in [1.82, 2.24) is 34.5 Å². The molecule has 4 aromatic rings. The third-order valence-corrected chi connectivity index (χ3v) is 6.80. The number of hydrogen-bond donors (Lipinski definition) is 1. The van der Waals surface area contributed by atoms with Crippen LogP contribution in [0.3, 0.4) is 0 Å². The molecule has 4 heterocycles. The number of likely N-dealkylation sites (tertiary alicyclic amines) is 1. The highest BCUT2D eigenvalue weighted by atomic mass is 19.3. The Balaban J connectivity index is 1.49. The Labute approximate surface area is 219 Å². The number of piperidine rings is 1. The fourth-order valence-corrected chi connectivity index (χ4v) is 4.79. The molecule has 1 saturated heterocycles. The van der Waals surface area contributed by atoms with Crippen molar-refractivity contribution in [3.63, 3.8) is 0 Å². The van der Waals surface area contributed by atoms with Gasteiger partial charge in [0.15, 0.2) is 5.82 Å². The summed E-state index contributed by atoms with van der Waals surface area (Å²) in [5.74, 6) is -3.97. The van der Waals surface area contributed by atoms with E-state index in [4.69, 9.17) is 9.47 Å². The minimum Gasteiger partial charge on any atom is -0.479 e. The monoisotopic (exact) mass is 554 g/mol. The molecule has 1 atom stereocenters. The summed E-state index contributed by atoms with van der Waals surface area (Å²) < 4.78 is 84.4. The molecule has 0 spiro atoms. The Kier molecular flexibility index (Phi) is 7.53. The van der Waals surface area contributed by atoms with Crippen LogP contribution in [0.2, 0.25) is 0 Å². The molecule has 1 aliphatic rings. The minimum atomic E-state index is -3.08. The van der Waals surface area contributed by atoms with E-state index in [1.807, 2.05) is 0 Å². The number of hydrogen-bond acceptors (Lipinski definition) is 8. The van der Waals surface area contributed by atoms with Crippen molar-refractivity contribution < 1.29 is 31.4 Å². The van der Waals surface area contributed by atoms with Gasteiger partial charge >= 0.3 is 0 Å². The third-order valence-electron chi connectivity index (χ3n) is 6.80. The molecule has 10 nitrogen and oxygen atoms in total. The summed E-state index contributed by atoms with van der Waals surface area (Å²) in [5, 5.41) is 14.7. The smallest absolute Gasteiger partial charge is 0.280 e. The summed E-state index contributed by atoms with van der Waals surface area (Å²) in [5.41, 5.74) is 1.22. The molecule has 39 heavy (non-hydrogen) atoms. The molecule has 0 amide bonds. The molecule has 210 valence electrons. The van der Waals surface area contributed by atoms with E-state index in [9.17, 15) is 17.6 Å². The number of ether oxygens (including phenoxy) is 2. The van der Waals surface area contributed by atoms with E-state index in [1.54, 1.807) is 17.0 Å². The molecule has 0 aliphatic carbocycles. The number of halogens is 5. The Hall–Kier alpha value is -3.59. The van der Waals surface area contributed by atoms with E-state index in [0.717, 1.165) is 15.4 Å². The number of anilines is 1. The molecule has 0 bridgehead atoms. The van der Waals surface area contributed by atoms with Crippen molar-refractivity contribution in [1.29, 1.82) is 0 Å². The quantitative estimate of drug-likeness (QED) is 0.298. The highest BCUT2D eigenvalue weighted by Gasteiger charge is 2.45. The number of rotatable bonds is 10. The van der Waals surface area contributed by atoms with Gasteiger partial charge in [-0.15, -0.1) is 10.2 Å². The fourth-order valence-electron chi connectivity index (χ4n) is 4.79. The van der Waals surface area contributed by atoms with Gasteiger partial charge in [-0.1, -0.05) is 11.3 Å². The van der Waals surface area contributed by atoms with Gasteiger partial charge in [0, 0.05) is 20.2 Å². The summed E-state index contributed by atoms with van der Waals surface area (Å²) in [6, 6.07) is 2.22. The van der Waals surface area contributed by atoms with Crippen LogP contribution in [0.1, 0.15) is 12.5 Å². The van der Waals surface area contributed by atoms with Gasteiger partial charge in [0.1, 0.15) is 30.4 Å². The molecule has 0 radical (unpaired) electrons. The second-order valence-corrected chi connectivity index (χ2v) is 9.31. The number of aromatic nitrogens is 6. The summed E-state index contributed by atoms with van der Waals surface area (Å²) in [4.78, 5) is 5.87. The maximum atomic E-state index is 15.3. The van der Waals surface area contributed by atoms with Crippen molar-refractivity contribution in [3.8, 4) is 17.0 Å². The van der Waals surface area contributed by atoms with Crippen molar-refractivity contribution in [3.05, 3.63) is 30.2 Å². The lowest BCUT2D eigenvalue weighted by Crippen LogP contribution is -2.55. The van der Waals surface area contributed by atoms with Gasteiger partial charge in [0.2, 0.25) is 11.8 Å². The predicted molar refractivity (Wildman–Crippen MR) is 132 cm³/mol. The zero-order valence-electron chi connectivity index (χ0n) is 21.3. The van der Waals surface area contributed by atoms with Crippen molar-refractivity contribution in [2.75, 3.05) is 59.1 Å². The van der Waals surface area contributed by atoms with Crippen LogP contribution >= 0.6 is 0 Å². The second kappa shape index (κ2) is 10.9. The van der Waals surface area contributed by atoms with Crippen LogP contribution in [0, 0.1) is 5.82 Å². The molecule has 1 aliphatic heterocycles. The van der Waals surface area contributed by atoms with Crippen LogP contribution in [0.4, 0.5) is 27.9 Å². The lowest BCUT2D eigenvalue weighted by molar-refractivity contribution is -0.0770. The standard InChI is InChI=1S/C24H27F5N8O2/c1-38-8-7-35-6-5-19(24(28,29)13-35)30-23-31-22(39-2)21-20(16(27)12-36(21)33-23)14-3-4-17-18(9-14)37(34-32-17)15(10-25)11-26/h3-4,9,12,15,19H,5-8,10-11,13H2,1-2H3,(H,30,33). The van der Waals surface area contributed by atoms with E-state index in [2.05, 4.69) is 25.7 Å². The maximum absolute atomic E-state index is 15.3. The largest absolute Gasteiger partial charge is 0.479 e. The van der Waals surface area contributed by atoms with E-state index < -0.39 is 43.7 Å². The van der Waals surface area contributed by atoms with Gasteiger partial charge in [-0.3, -0.25) is 4.90 Å². The van der Waals surface area contributed by atoms with Gasteiger partial charge in [-0.2, -0.15) is 4.98 Å². The number of methoxy groups -OCH3 is 2. The summed E-state index contributed by atoms with van der Waals surface area (Å²) in [6.45, 7) is -1.26. The number of nitrogens with one attached hydrogen (secondary N) is 1. The lowest BCUT2D eigenvalue weighted by Gasteiger charge is -2.38. The average molecular weight is 555 g/mol. The molecule has 1 unspecified atom stereocenters. The van der Waals surface area contributed by atoms with Crippen LogP contribution in [-0.4, -0.2) is 100 Å². The molecular weight excluding hydrogens is 527 g/mol. The van der Waals surface area contributed by atoms with Crippen LogP contribution in [0.15, 0.2) is 24.4 Å². The number of nitrogens with zero attached hydrogens (tertiary/aromatic N) is 7. The molecule has 1 fully saturated rings. The SMILES string of the molecule is COCCN1CCC(Nc2nc(OC)c3c(-c4ccc5nnn(C(CF)CF)c5c4)c(F)cn3n2)C(F)(F)C1. The van der Waals surface area contributed by atoms with Crippen molar-refractivity contribution in [2.24, 2.45) is 0 Å². The van der Waals surface area contributed by atoms with Crippen molar-refractivity contribution >= 4 is 22.5 Å². The zero-order valence-corrected chi connectivity index (χ0v) is 21.3. The lowest BCUT2D eigenvalue weighted by atomic mass is 10.0. The maximum Gasteiger partial charge on any atom is 0.280 e. The average Bonchev–Trinajstić information content (AvgIpc) is 3.48. The number of alkyl halides is 4. The Morgan fingerprint density at radius 1 is 1.21 bits per heavy atom. The van der Waals surface area contributed by atoms with E-state index >= 15 is 4.39 Å². The Morgan fingerprint density at radius 3 is 2.69 bits per heavy atom. The molecule has 1 aromatic carbocycles. The number of benzene rings is 1. The molecular formula is C24H27F5N8O2. The van der Waals surface area contributed by atoms with Crippen LogP contribution < -0.4 is 10.1 Å². The van der Waals surface area contributed by atoms with Crippen molar-refractivity contribution in [2.45, 2.75) is 24.4 Å². The summed E-state index contributed by atoms with van der Waals surface area (Å²) >= 11 is 0. The van der Waals surface area contributed by atoms with Crippen LogP contribution in [0.5, 0.6) is 5.88 Å². The van der Waals surface area contributed by atoms with Gasteiger partial charge in [-0.25, -0.2) is 31.1 Å².